The summed E-state index contributed by atoms with van der Waals surface area (Å²) < 4.78 is 10.3. The fourth-order valence-corrected chi connectivity index (χ4v) is 4.60. The maximum atomic E-state index is 13.5. The third kappa shape index (κ3) is 2.74. The van der Waals surface area contributed by atoms with Crippen molar-refractivity contribution in [2.75, 3.05) is 25.5 Å². The molecule has 154 valence electrons. The first-order valence-electron chi connectivity index (χ1n) is 9.90. The first kappa shape index (κ1) is 18.6. The average Bonchev–Trinajstić information content (AvgIpc) is 3.40. The van der Waals surface area contributed by atoms with Crippen LogP contribution in [0.25, 0.3) is 0 Å². The van der Waals surface area contributed by atoms with E-state index in [2.05, 4.69) is 15.0 Å². The molecule has 5 rings (SSSR count). The van der Waals surface area contributed by atoms with Crippen LogP contribution in [0.4, 0.5) is 10.5 Å². The van der Waals surface area contributed by atoms with Gasteiger partial charge in [-0.15, -0.1) is 0 Å². The Labute approximate surface area is 173 Å². The number of hydrogen-bond donors (Lipinski definition) is 1. The van der Waals surface area contributed by atoms with Gasteiger partial charge in [0.05, 0.1) is 24.6 Å². The highest BCUT2D eigenvalue weighted by Crippen LogP contribution is 2.52. The Morgan fingerprint density at radius 2 is 1.93 bits per heavy atom. The molecule has 1 aromatic heterocycles. The maximum absolute atomic E-state index is 13.5. The summed E-state index contributed by atoms with van der Waals surface area (Å²) in [5.74, 6) is -0.311. The summed E-state index contributed by atoms with van der Waals surface area (Å²) in [6.45, 7) is 0.899. The predicted molar refractivity (Wildman–Crippen MR) is 106 cm³/mol. The fraction of sp³-hybridized carbons (Fsp3) is 0.364. The molecule has 2 amide bonds. The maximum Gasteiger partial charge on any atom is 0.411 e. The van der Waals surface area contributed by atoms with Gasteiger partial charge < -0.3 is 14.4 Å². The number of methoxy groups -OCH3 is 1. The largest absolute Gasteiger partial charge is 0.453 e. The minimum Gasteiger partial charge on any atom is -0.453 e. The highest BCUT2D eigenvalue weighted by molar-refractivity contribution is 5.95. The third-order valence-electron chi connectivity index (χ3n) is 6.37. The fourth-order valence-electron chi connectivity index (χ4n) is 4.60. The van der Waals surface area contributed by atoms with Gasteiger partial charge in [0.1, 0.15) is 0 Å². The molecule has 2 aromatic rings. The van der Waals surface area contributed by atoms with Gasteiger partial charge in [0.2, 0.25) is 5.91 Å². The predicted octanol–water partition coefficient (Wildman–Crippen LogP) is 2.59. The van der Waals surface area contributed by atoms with Gasteiger partial charge in [-0.2, -0.15) is 0 Å². The number of nitrogens with zero attached hydrogens (tertiary/aromatic N) is 2. The van der Waals surface area contributed by atoms with E-state index < -0.39 is 17.1 Å². The van der Waals surface area contributed by atoms with E-state index in [1.165, 1.54) is 13.3 Å². The van der Waals surface area contributed by atoms with Crippen molar-refractivity contribution < 1.29 is 23.9 Å². The van der Waals surface area contributed by atoms with Crippen molar-refractivity contribution in [3.05, 3.63) is 59.4 Å². The van der Waals surface area contributed by atoms with Gasteiger partial charge >= 0.3 is 12.1 Å². The number of carbonyl (C=O) groups is 3. The minimum atomic E-state index is -0.768. The number of pyridine rings is 1. The molecule has 1 N–H and O–H groups in total. The van der Waals surface area contributed by atoms with Gasteiger partial charge in [0.25, 0.3) is 0 Å². The SMILES string of the molecule is COC(=O)Nc1ccc(C2(C(=O)N3CCC4(C3)OC(=O)c3cnccc34)CC2)cc1. The molecule has 1 aliphatic carbocycles. The van der Waals surface area contributed by atoms with Crippen LogP contribution in [-0.2, 0) is 25.3 Å². The second-order valence-electron chi connectivity index (χ2n) is 8.06. The Morgan fingerprint density at radius 1 is 1.17 bits per heavy atom. The summed E-state index contributed by atoms with van der Waals surface area (Å²) in [5, 5.41) is 2.61. The molecule has 1 aromatic carbocycles. The van der Waals surface area contributed by atoms with Crippen molar-refractivity contribution in [2.45, 2.75) is 30.3 Å². The lowest BCUT2D eigenvalue weighted by Crippen LogP contribution is -2.40. The van der Waals surface area contributed by atoms with Crippen molar-refractivity contribution >= 4 is 23.7 Å². The van der Waals surface area contributed by atoms with E-state index >= 15 is 0 Å². The monoisotopic (exact) mass is 407 g/mol. The van der Waals surface area contributed by atoms with Crippen molar-refractivity contribution in [2.24, 2.45) is 0 Å². The molecule has 1 unspecified atom stereocenters. The van der Waals surface area contributed by atoms with E-state index in [1.54, 1.807) is 18.3 Å². The van der Waals surface area contributed by atoms with Crippen molar-refractivity contribution in [1.82, 2.24) is 9.88 Å². The Kier molecular flexibility index (Phi) is 4.06. The number of amides is 2. The number of benzene rings is 1. The highest BCUT2D eigenvalue weighted by Gasteiger charge is 2.57. The smallest absolute Gasteiger partial charge is 0.411 e. The quantitative estimate of drug-likeness (QED) is 0.786. The second-order valence-corrected chi connectivity index (χ2v) is 8.06. The molecule has 0 radical (unpaired) electrons. The number of fused-ring (bicyclic) bond motifs is 2. The van der Waals surface area contributed by atoms with Crippen LogP contribution in [0.5, 0.6) is 0 Å². The zero-order chi connectivity index (χ0) is 20.9. The van der Waals surface area contributed by atoms with Gasteiger partial charge in [-0.3, -0.25) is 15.1 Å². The summed E-state index contributed by atoms with van der Waals surface area (Å²) in [5.41, 5.74) is 1.53. The van der Waals surface area contributed by atoms with Crippen LogP contribution >= 0.6 is 0 Å². The first-order chi connectivity index (χ1) is 14.5. The lowest BCUT2D eigenvalue weighted by Gasteiger charge is -2.27. The van der Waals surface area contributed by atoms with Crippen LogP contribution in [0.15, 0.2) is 42.7 Å². The van der Waals surface area contributed by atoms with E-state index in [4.69, 9.17) is 4.74 Å². The molecule has 1 spiro atoms. The lowest BCUT2D eigenvalue weighted by atomic mass is 9.92. The number of carbonyl (C=O) groups excluding carboxylic acids is 3. The summed E-state index contributed by atoms with van der Waals surface area (Å²) in [4.78, 5) is 42.9. The molecule has 1 atom stereocenters. The van der Waals surface area contributed by atoms with Crippen molar-refractivity contribution in [3.63, 3.8) is 0 Å². The molecule has 2 fully saturated rings. The number of aromatic nitrogens is 1. The van der Waals surface area contributed by atoms with Crippen molar-refractivity contribution in [3.8, 4) is 0 Å². The summed E-state index contributed by atoms with van der Waals surface area (Å²) in [6.07, 6.45) is 4.78. The van der Waals surface area contributed by atoms with Gasteiger partial charge in [-0.05, 0) is 36.6 Å². The number of anilines is 1. The second kappa shape index (κ2) is 6.55. The third-order valence-corrected chi connectivity index (χ3v) is 6.37. The summed E-state index contributed by atoms with van der Waals surface area (Å²) in [7, 11) is 1.31. The Morgan fingerprint density at radius 3 is 2.63 bits per heavy atom. The number of likely N-dealkylation sites (tertiary alicyclic amines) is 1. The van der Waals surface area contributed by atoms with Crippen LogP contribution in [0.3, 0.4) is 0 Å². The van der Waals surface area contributed by atoms with Gasteiger partial charge in [0.15, 0.2) is 5.60 Å². The molecule has 3 heterocycles. The Bertz CT molecular complexity index is 1050. The van der Waals surface area contributed by atoms with Gasteiger partial charge in [0, 0.05) is 36.6 Å². The number of hydrogen-bond acceptors (Lipinski definition) is 6. The van der Waals surface area contributed by atoms with Crippen LogP contribution in [-0.4, -0.2) is 48.1 Å². The van der Waals surface area contributed by atoms with Crippen LogP contribution < -0.4 is 5.32 Å². The molecule has 2 aliphatic heterocycles. The van der Waals surface area contributed by atoms with E-state index in [9.17, 15) is 14.4 Å². The number of esters is 1. The number of nitrogens with one attached hydrogen (secondary N) is 1. The molecule has 1 saturated carbocycles. The minimum absolute atomic E-state index is 0.0617. The topological polar surface area (TPSA) is 97.8 Å². The summed E-state index contributed by atoms with van der Waals surface area (Å²) in [6, 6.07) is 9.10. The molecule has 30 heavy (non-hydrogen) atoms. The van der Waals surface area contributed by atoms with Crippen LogP contribution in [0, 0.1) is 0 Å². The lowest BCUT2D eigenvalue weighted by molar-refractivity contribution is -0.134. The van der Waals surface area contributed by atoms with Crippen LogP contribution in [0.2, 0.25) is 0 Å². The van der Waals surface area contributed by atoms with E-state index in [-0.39, 0.29) is 11.9 Å². The highest BCUT2D eigenvalue weighted by atomic mass is 16.6. The van der Waals surface area contributed by atoms with Gasteiger partial charge in [-0.25, -0.2) is 9.59 Å². The Balaban J connectivity index is 1.35. The van der Waals surface area contributed by atoms with Gasteiger partial charge in [-0.1, -0.05) is 12.1 Å². The van der Waals surface area contributed by atoms with E-state index in [0.717, 1.165) is 24.0 Å². The standard InChI is InChI=1S/C22H21N3O5/c1-29-20(28)24-15-4-2-14(3-5-15)21(7-8-21)19(27)25-11-9-22(13-25)17-6-10-23-12-16(17)18(26)30-22/h2-6,10,12H,7-9,11,13H2,1H3,(H,24,28). The summed E-state index contributed by atoms with van der Waals surface area (Å²) >= 11 is 0. The molecule has 8 heteroatoms. The zero-order valence-corrected chi connectivity index (χ0v) is 16.5. The average molecular weight is 407 g/mol. The number of rotatable bonds is 3. The Hall–Kier alpha value is -3.42. The zero-order valence-electron chi connectivity index (χ0n) is 16.5. The molecule has 1 saturated heterocycles. The van der Waals surface area contributed by atoms with Crippen molar-refractivity contribution in [1.29, 1.82) is 0 Å². The van der Waals surface area contributed by atoms with E-state index in [1.807, 2.05) is 23.1 Å². The van der Waals surface area contributed by atoms with Crippen LogP contribution in [0.1, 0.15) is 40.7 Å². The first-order valence-corrected chi connectivity index (χ1v) is 9.90. The molecular weight excluding hydrogens is 386 g/mol. The molecule has 0 bridgehead atoms. The normalized spacial score (nSPS) is 23.1. The van der Waals surface area contributed by atoms with E-state index in [0.29, 0.717) is 30.8 Å². The molecule has 3 aliphatic rings. The molecule has 8 nitrogen and oxygen atoms in total. The molecular formula is C22H21N3O5. The number of ether oxygens (including phenoxy) is 2.